The van der Waals surface area contributed by atoms with Gasteiger partial charge in [-0.3, -0.25) is 4.79 Å². The van der Waals surface area contributed by atoms with Crippen LogP contribution in [0.4, 0.5) is 0 Å². The van der Waals surface area contributed by atoms with E-state index in [-0.39, 0.29) is 17.3 Å². The lowest BCUT2D eigenvalue weighted by atomic mass is 9.88. The van der Waals surface area contributed by atoms with Gasteiger partial charge in [-0.1, -0.05) is 63.3 Å². The van der Waals surface area contributed by atoms with E-state index < -0.39 is 6.10 Å². The van der Waals surface area contributed by atoms with Crippen molar-refractivity contribution in [2.45, 2.75) is 46.1 Å². The van der Waals surface area contributed by atoms with Gasteiger partial charge in [0.2, 0.25) is 0 Å². The first kappa shape index (κ1) is 16.0. The van der Waals surface area contributed by atoms with Crippen LogP contribution in [0, 0.1) is 17.3 Å². The van der Waals surface area contributed by atoms with E-state index in [0.29, 0.717) is 12.2 Å². The fourth-order valence-corrected chi connectivity index (χ4v) is 3.41. The zero-order chi connectivity index (χ0) is 15.5. The highest BCUT2D eigenvalue weighted by Crippen LogP contribution is 2.44. The first-order chi connectivity index (χ1) is 9.94. The standard InChI is InChI=1S/C19H26O2/c1-4-17-15(13-19(2,3)18(17)21)10-11-16(20)12-14-8-6-5-7-9-14/h5-11,15-17,20H,4,12-13H2,1-3H3/b11-10+/t15-,16?,17+/m0/s1. The fourth-order valence-electron chi connectivity index (χ4n) is 3.41. The maximum absolute atomic E-state index is 12.3. The number of aliphatic hydroxyl groups excluding tert-OH is 1. The second kappa shape index (κ2) is 6.57. The molecule has 1 fully saturated rings. The van der Waals surface area contributed by atoms with E-state index in [1.807, 2.05) is 50.3 Å². The first-order valence-corrected chi connectivity index (χ1v) is 7.88. The van der Waals surface area contributed by atoms with Gasteiger partial charge in [0.15, 0.2) is 0 Å². The molecule has 0 bridgehead atoms. The highest BCUT2D eigenvalue weighted by molar-refractivity contribution is 5.89. The molecule has 1 aromatic rings. The number of carbonyl (C=O) groups is 1. The molecule has 1 N–H and O–H groups in total. The van der Waals surface area contributed by atoms with Crippen LogP contribution in [0.15, 0.2) is 42.5 Å². The quantitative estimate of drug-likeness (QED) is 0.836. The molecule has 1 aliphatic carbocycles. The Balaban J connectivity index is 1.98. The Morgan fingerprint density at radius 2 is 2.00 bits per heavy atom. The minimum Gasteiger partial charge on any atom is -0.389 e. The van der Waals surface area contributed by atoms with Gasteiger partial charge in [0.1, 0.15) is 5.78 Å². The summed E-state index contributed by atoms with van der Waals surface area (Å²) in [5.41, 5.74) is 0.907. The van der Waals surface area contributed by atoms with Crippen molar-refractivity contribution >= 4 is 5.78 Å². The van der Waals surface area contributed by atoms with Crippen molar-refractivity contribution in [2.24, 2.45) is 17.3 Å². The summed E-state index contributed by atoms with van der Waals surface area (Å²) in [6, 6.07) is 9.99. The van der Waals surface area contributed by atoms with Gasteiger partial charge in [-0.2, -0.15) is 0 Å². The van der Waals surface area contributed by atoms with Crippen LogP contribution < -0.4 is 0 Å². The van der Waals surface area contributed by atoms with Crippen LogP contribution in [0.3, 0.4) is 0 Å². The lowest BCUT2D eigenvalue weighted by Gasteiger charge is -2.14. The number of hydrogen-bond donors (Lipinski definition) is 1. The van der Waals surface area contributed by atoms with Crippen LogP contribution in [-0.4, -0.2) is 17.0 Å². The van der Waals surface area contributed by atoms with Crippen LogP contribution in [0.25, 0.3) is 0 Å². The molecular formula is C19H26O2. The molecule has 0 amide bonds. The molecule has 0 saturated heterocycles. The Kier molecular flexibility index (Phi) is 5.00. The number of benzene rings is 1. The van der Waals surface area contributed by atoms with Crippen molar-refractivity contribution in [2.75, 3.05) is 0 Å². The average Bonchev–Trinajstić information content (AvgIpc) is 2.67. The highest BCUT2D eigenvalue weighted by Gasteiger charge is 2.44. The summed E-state index contributed by atoms with van der Waals surface area (Å²) in [5.74, 6) is 0.750. The second-order valence-corrected chi connectivity index (χ2v) is 6.77. The van der Waals surface area contributed by atoms with Gasteiger partial charge in [-0.05, 0) is 24.3 Å². The number of aliphatic hydroxyl groups is 1. The van der Waals surface area contributed by atoms with Crippen LogP contribution in [0.5, 0.6) is 0 Å². The summed E-state index contributed by atoms with van der Waals surface area (Å²) in [6.45, 7) is 6.14. The van der Waals surface area contributed by atoms with Crippen molar-refractivity contribution in [3.63, 3.8) is 0 Å². The molecule has 2 heteroatoms. The Bertz CT molecular complexity index is 502. The molecule has 1 saturated carbocycles. The molecule has 1 unspecified atom stereocenters. The molecule has 114 valence electrons. The van der Waals surface area contributed by atoms with Crippen molar-refractivity contribution in [3.05, 3.63) is 48.0 Å². The smallest absolute Gasteiger partial charge is 0.142 e. The Morgan fingerprint density at radius 3 is 2.62 bits per heavy atom. The molecule has 0 spiro atoms. The molecule has 21 heavy (non-hydrogen) atoms. The number of ketones is 1. The summed E-state index contributed by atoms with van der Waals surface area (Å²) in [7, 11) is 0. The monoisotopic (exact) mass is 286 g/mol. The summed E-state index contributed by atoms with van der Waals surface area (Å²) in [4.78, 5) is 12.3. The average molecular weight is 286 g/mol. The van der Waals surface area contributed by atoms with Gasteiger partial charge in [0.25, 0.3) is 0 Å². The number of allylic oxidation sites excluding steroid dienone is 1. The van der Waals surface area contributed by atoms with Gasteiger partial charge >= 0.3 is 0 Å². The number of rotatable bonds is 5. The Labute approximate surface area is 127 Å². The Hall–Kier alpha value is -1.41. The van der Waals surface area contributed by atoms with Gasteiger partial charge in [0, 0.05) is 17.8 Å². The van der Waals surface area contributed by atoms with Gasteiger partial charge in [-0.25, -0.2) is 0 Å². The summed E-state index contributed by atoms with van der Waals surface area (Å²) >= 11 is 0. The molecule has 0 aliphatic heterocycles. The largest absolute Gasteiger partial charge is 0.389 e. The normalized spacial score (nSPS) is 26.4. The summed E-state index contributed by atoms with van der Waals surface area (Å²) in [5, 5.41) is 10.1. The summed E-state index contributed by atoms with van der Waals surface area (Å²) < 4.78 is 0. The van der Waals surface area contributed by atoms with Crippen molar-refractivity contribution in [1.82, 2.24) is 0 Å². The topological polar surface area (TPSA) is 37.3 Å². The zero-order valence-electron chi connectivity index (χ0n) is 13.3. The third-order valence-electron chi connectivity index (χ3n) is 4.57. The molecular weight excluding hydrogens is 260 g/mol. The maximum atomic E-state index is 12.3. The zero-order valence-corrected chi connectivity index (χ0v) is 13.3. The van der Waals surface area contributed by atoms with Crippen LogP contribution in [0.1, 0.15) is 39.2 Å². The Morgan fingerprint density at radius 1 is 1.33 bits per heavy atom. The van der Waals surface area contributed by atoms with Gasteiger partial charge in [-0.15, -0.1) is 0 Å². The number of carbonyl (C=O) groups excluding carboxylic acids is 1. The van der Waals surface area contributed by atoms with Crippen LogP contribution in [0.2, 0.25) is 0 Å². The maximum Gasteiger partial charge on any atom is 0.142 e. The summed E-state index contributed by atoms with van der Waals surface area (Å²) in [6.07, 6.45) is 5.84. The van der Waals surface area contributed by atoms with Crippen molar-refractivity contribution < 1.29 is 9.90 Å². The van der Waals surface area contributed by atoms with E-state index in [9.17, 15) is 9.90 Å². The molecule has 2 nitrogen and oxygen atoms in total. The molecule has 0 radical (unpaired) electrons. The highest BCUT2D eigenvalue weighted by atomic mass is 16.3. The third kappa shape index (κ3) is 3.82. The van der Waals surface area contributed by atoms with Crippen molar-refractivity contribution in [1.29, 1.82) is 0 Å². The molecule has 0 aromatic heterocycles. The minimum absolute atomic E-state index is 0.111. The minimum atomic E-state index is -0.483. The first-order valence-electron chi connectivity index (χ1n) is 7.88. The van der Waals surface area contributed by atoms with E-state index in [4.69, 9.17) is 0 Å². The second-order valence-electron chi connectivity index (χ2n) is 6.77. The fraction of sp³-hybridized carbons (Fsp3) is 0.526. The van der Waals surface area contributed by atoms with Gasteiger partial charge < -0.3 is 5.11 Å². The van der Waals surface area contributed by atoms with Crippen LogP contribution in [-0.2, 0) is 11.2 Å². The molecule has 0 heterocycles. The van der Waals surface area contributed by atoms with Gasteiger partial charge in [0.05, 0.1) is 6.10 Å². The molecule has 2 rings (SSSR count). The predicted octanol–water partition coefficient (Wildman–Crippen LogP) is 3.79. The van der Waals surface area contributed by atoms with E-state index in [0.717, 1.165) is 18.4 Å². The molecule has 3 atom stereocenters. The van der Waals surface area contributed by atoms with E-state index in [1.54, 1.807) is 0 Å². The SMILES string of the molecule is CC[C@H]1C(=O)C(C)(C)C[C@@H]1/C=C/C(O)Cc1ccccc1. The van der Waals surface area contributed by atoms with E-state index in [2.05, 4.69) is 13.0 Å². The number of hydrogen-bond acceptors (Lipinski definition) is 2. The molecule has 1 aliphatic rings. The van der Waals surface area contributed by atoms with E-state index >= 15 is 0 Å². The van der Waals surface area contributed by atoms with Crippen molar-refractivity contribution in [3.8, 4) is 0 Å². The van der Waals surface area contributed by atoms with Crippen LogP contribution >= 0.6 is 0 Å². The lowest BCUT2D eigenvalue weighted by molar-refractivity contribution is -0.127. The van der Waals surface area contributed by atoms with E-state index in [1.165, 1.54) is 0 Å². The predicted molar refractivity (Wildman–Crippen MR) is 86.0 cm³/mol. The lowest BCUT2D eigenvalue weighted by Crippen LogP contribution is -2.21. The molecule has 1 aromatic carbocycles. The third-order valence-corrected chi connectivity index (χ3v) is 4.57. The number of Topliss-reactive ketones (excluding diaryl/α,β-unsaturated/α-hetero) is 1.